The Labute approximate surface area is 250 Å². The lowest BCUT2D eigenvalue weighted by atomic mass is 10.2. The summed E-state index contributed by atoms with van der Waals surface area (Å²) in [5, 5.41) is 29.5. The van der Waals surface area contributed by atoms with Crippen molar-refractivity contribution in [2.24, 2.45) is 0 Å². The molecule has 0 aliphatic heterocycles. The third-order valence-electron chi connectivity index (χ3n) is 5.51. The fourth-order valence-corrected chi connectivity index (χ4v) is 5.20. The first kappa shape index (κ1) is 31.8. The molecular formula is C22H16ClFN8O10S2. The molecule has 4 aromatic rings. The van der Waals surface area contributed by atoms with E-state index in [4.69, 9.17) is 11.6 Å². The maximum absolute atomic E-state index is 14.3. The smallest absolute Gasteiger partial charge is 0.311 e. The number of aryl methyl sites for hydroxylation is 1. The lowest BCUT2D eigenvalue weighted by Crippen LogP contribution is -2.09. The molecule has 0 fully saturated rings. The zero-order chi connectivity index (χ0) is 32.6. The van der Waals surface area contributed by atoms with E-state index >= 15 is 0 Å². The van der Waals surface area contributed by atoms with Gasteiger partial charge in [-0.05, 0) is 54.4 Å². The Bertz CT molecular complexity index is 2070. The van der Waals surface area contributed by atoms with Gasteiger partial charge in [-0.15, -0.1) is 0 Å². The topological polar surface area (TPSA) is 270 Å². The average Bonchev–Trinajstić information content (AvgIpc) is 2.88. The normalized spacial score (nSPS) is 11.6. The van der Waals surface area contributed by atoms with E-state index in [0.29, 0.717) is 17.7 Å². The summed E-state index contributed by atoms with van der Waals surface area (Å²) in [5.74, 6) is -2.23. The highest BCUT2D eigenvalue weighted by atomic mass is 35.5. The Kier molecular flexibility index (Phi) is 8.60. The molecule has 0 amide bonds. The lowest BCUT2D eigenvalue weighted by Gasteiger charge is -2.14. The van der Waals surface area contributed by atoms with Gasteiger partial charge in [-0.25, -0.2) is 0 Å². The van der Waals surface area contributed by atoms with Crippen molar-refractivity contribution >= 4 is 77.9 Å². The van der Waals surface area contributed by atoms with Gasteiger partial charge in [0.2, 0.25) is 23.0 Å². The SMILES string of the molecule is Cc1ccc(Nc2nc(Cl)nc(Nc3cc(Nc4cc(F)c([N+](=O)[O-])cc4[N+](=O)[O-])ccc3S(=O)(=O)O)n2)c(S(=O)(=O)O)c1. The summed E-state index contributed by atoms with van der Waals surface area (Å²) in [7, 11) is -9.63. The molecular weight excluding hydrogens is 655 g/mol. The Morgan fingerprint density at radius 3 is 1.91 bits per heavy atom. The van der Waals surface area contributed by atoms with Crippen LogP contribution in [0.15, 0.2) is 58.3 Å². The number of hydrogen-bond acceptors (Lipinski definition) is 14. The second kappa shape index (κ2) is 11.9. The van der Waals surface area contributed by atoms with E-state index in [-0.39, 0.29) is 17.3 Å². The van der Waals surface area contributed by atoms with E-state index in [1.165, 1.54) is 12.1 Å². The van der Waals surface area contributed by atoms with Gasteiger partial charge < -0.3 is 16.0 Å². The van der Waals surface area contributed by atoms with Gasteiger partial charge in [0.15, 0.2) is 0 Å². The minimum atomic E-state index is -4.93. The quantitative estimate of drug-likeness (QED) is 0.0881. The number of hydrogen-bond donors (Lipinski definition) is 5. The number of aromatic nitrogens is 3. The molecule has 0 atom stereocenters. The van der Waals surface area contributed by atoms with Crippen LogP contribution in [-0.2, 0) is 20.2 Å². The van der Waals surface area contributed by atoms with Crippen LogP contribution in [0.4, 0.5) is 50.4 Å². The maximum Gasteiger partial charge on any atom is 0.311 e. The van der Waals surface area contributed by atoms with Crippen molar-refractivity contribution in [3.8, 4) is 0 Å². The number of rotatable bonds is 10. The third-order valence-corrected chi connectivity index (χ3v) is 7.49. The van der Waals surface area contributed by atoms with E-state index in [1.54, 1.807) is 6.92 Å². The van der Waals surface area contributed by atoms with Crippen molar-refractivity contribution in [3.05, 3.63) is 85.4 Å². The number of halogens is 2. The minimum absolute atomic E-state index is 0.132. The molecule has 1 aromatic heterocycles. The number of nitro groups is 2. The number of anilines is 6. The molecule has 44 heavy (non-hydrogen) atoms. The van der Waals surface area contributed by atoms with Crippen molar-refractivity contribution in [1.82, 2.24) is 15.0 Å². The molecule has 22 heteroatoms. The highest BCUT2D eigenvalue weighted by molar-refractivity contribution is 7.86. The highest BCUT2D eigenvalue weighted by Gasteiger charge is 2.26. The number of nitro benzene ring substituents is 2. The Morgan fingerprint density at radius 1 is 0.750 bits per heavy atom. The van der Waals surface area contributed by atoms with E-state index in [0.717, 1.165) is 24.3 Å². The van der Waals surface area contributed by atoms with Gasteiger partial charge in [0.1, 0.15) is 15.5 Å². The lowest BCUT2D eigenvalue weighted by molar-refractivity contribution is -0.395. The van der Waals surface area contributed by atoms with E-state index < -0.39 is 79.7 Å². The zero-order valence-corrected chi connectivity index (χ0v) is 24.0. The Morgan fingerprint density at radius 2 is 1.34 bits per heavy atom. The summed E-state index contributed by atoms with van der Waals surface area (Å²) in [6.07, 6.45) is 0. The Hall–Kier alpha value is -5.09. The second-order valence-corrected chi connectivity index (χ2v) is 11.7. The minimum Gasteiger partial charge on any atom is -0.350 e. The van der Waals surface area contributed by atoms with E-state index in [9.17, 15) is 50.6 Å². The zero-order valence-electron chi connectivity index (χ0n) is 21.6. The second-order valence-electron chi connectivity index (χ2n) is 8.62. The standard InChI is InChI=1S/C22H16ClFN8O10S2/c1-10-2-4-13(19(6-10)44(40,41)42)26-21-28-20(23)29-22(30-21)27-15-7-11(3-5-18(15)43(37,38)39)25-14-8-12(24)16(31(33)34)9-17(14)32(35)36/h2-9,25H,1H3,(H,37,38,39)(H,40,41,42)(H2,26,27,28,29,30). The first-order chi connectivity index (χ1) is 20.4. The van der Waals surface area contributed by atoms with Crippen LogP contribution in [0.2, 0.25) is 5.28 Å². The largest absolute Gasteiger partial charge is 0.350 e. The average molecular weight is 671 g/mol. The molecule has 0 saturated heterocycles. The van der Waals surface area contributed by atoms with Gasteiger partial charge in [-0.2, -0.15) is 36.2 Å². The van der Waals surface area contributed by atoms with Crippen LogP contribution < -0.4 is 16.0 Å². The summed E-state index contributed by atoms with van der Waals surface area (Å²) >= 11 is 5.97. The van der Waals surface area contributed by atoms with Gasteiger partial charge in [-0.3, -0.25) is 29.3 Å². The molecule has 0 unspecified atom stereocenters. The summed E-state index contributed by atoms with van der Waals surface area (Å²) < 4.78 is 81.4. The maximum atomic E-state index is 14.3. The van der Waals surface area contributed by atoms with Gasteiger partial charge in [0, 0.05) is 11.8 Å². The van der Waals surface area contributed by atoms with Gasteiger partial charge in [0.05, 0.1) is 27.3 Å². The summed E-state index contributed by atoms with van der Waals surface area (Å²) in [4.78, 5) is 30.6. The first-order valence-corrected chi connectivity index (χ1v) is 14.7. The molecule has 0 aliphatic carbocycles. The van der Waals surface area contributed by atoms with Crippen LogP contribution in [0.3, 0.4) is 0 Å². The van der Waals surface area contributed by atoms with Crippen molar-refractivity contribution in [3.63, 3.8) is 0 Å². The van der Waals surface area contributed by atoms with Crippen molar-refractivity contribution in [2.45, 2.75) is 16.7 Å². The monoisotopic (exact) mass is 670 g/mol. The van der Waals surface area contributed by atoms with Gasteiger partial charge in [0.25, 0.3) is 25.9 Å². The summed E-state index contributed by atoms with van der Waals surface area (Å²) in [6, 6.07) is 7.76. The van der Waals surface area contributed by atoms with Gasteiger partial charge in [-0.1, -0.05) is 6.07 Å². The Balaban J connectivity index is 1.74. The molecule has 0 radical (unpaired) electrons. The number of nitrogens with one attached hydrogen (secondary N) is 3. The molecule has 0 aliphatic rings. The van der Waals surface area contributed by atoms with Crippen molar-refractivity contribution < 1.29 is 40.2 Å². The molecule has 5 N–H and O–H groups in total. The summed E-state index contributed by atoms with van der Waals surface area (Å²) in [5.41, 5.74) is -2.81. The first-order valence-electron chi connectivity index (χ1n) is 11.5. The molecule has 4 rings (SSSR count). The van der Waals surface area contributed by atoms with Crippen LogP contribution in [0.25, 0.3) is 0 Å². The summed E-state index contributed by atoms with van der Waals surface area (Å²) in [6.45, 7) is 1.58. The molecule has 230 valence electrons. The van der Waals surface area contributed by atoms with Crippen LogP contribution >= 0.6 is 11.6 Å². The van der Waals surface area contributed by atoms with E-state index in [2.05, 4.69) is 30.9 Å². The molecule has 18 nitrogen and oxygen atoms in total. The predicted octanol–water partition coefficient (Wildman–Crippen LogP) is 4.51. The molecule has 0 saturated carbocycles. The molecule has 0 spiro atoms. The van der Waals surface area contributed by atoms with Crippen molar-refractivity contribution in [1.29, 1.82) is 0 Å². The van der Waals surface area contributed by atoms with Crippen LogP contribution in [0.1, 0.15) is 5.56 Å². The van der Waals surface area contributed by atoms with Crippen LogP contribution in [0, 0.1) is 33.0 Å². The fraction of sp³-hybridized carbons (Fsp3) is 0.0455. The number of benzene rings is 3. The van der Waals surface area contributed by atoms with Crippen molar-refractivity contribution in [2.75, 3.05) is 16.0 Å². The van der Waals surface area contributed by atoms with E-state index in [1.807, 2.05) is 0 Å². The molecule has 0 bridgehead atoms. The number of nitrogens with zero attached hydrogens (tertiary/aromatic N) is 5. The van der Waals surface area contributed by atoms with Crippen LogP contribution in [0.5, 0.6) is 0 Å². The fourth-order valence-electron chi connectivity index (χ4n) is 3.68. The molecule has 3 aromatic carbocycles. The highest BCUT2D eigenvalue weighted by Crippen LogP contribution is 2.36. The third kappa shape index (κ3) is 7.27. The predicted molar refractivity (Wildman–Crippen MR) is 152 cm³/mol. The molecule has 1 heterocycles. The van der Waals surface area contributed by atoms with Gasteiger partial charge >= 0.3 is 5.69 Å². The van der Waals surface area contributed by atoms with Crippen LogP contribution in [-0.4, -0.2) is 50.7 Å².